The topological polar surface area (TPSA) is 0 Å². The van der Waals surface area contributed by atoms with Gasteiger partial charge in [-0.1, -0.05) is 158 Å². The van der Waals surface area contributed by atoms with Gasteiger partial charge in [0.15, 0.2) is 0 Å². The fourth-order valence-electron chi connectivity index (χ4n) is 8.76. The fourth-order valence-corrected chi connectivity index (χ4v) is 14.9. The Hall–Kier alpha value is -6.08. The van der Waals surface area contributed by atoms with Crippen molar-refractivity contribution in [2.24, 2.45) is 0 Å². The molecule has 0 fully saturated rings. The second-order valence-electron chi connectivity index (χ2n) is 16.4. The van der Waals surface area contributed by atoms with Crippen LogP contribution in [0.3, 0.4) is 0 Å². The third kappa shape index (κ3) is 11.3. The van der Waals surface area contributed by atoms with Crippen molar-refractivity contribution in [2.75, 3.05) is 0 Å². The number of hydrogen-bond acceptors (Lipinski definition) is 0. The van der Waals surface area contributed by atoms with E-state index in [4.69, 9.17) is 12.8 Å². The molecule has 0 aromatic heterocycles. The van der Waals surface area contributed by atoms with Crippen molar-refractivity contribution in [2.45, 2.75) is 13.8 Å². The van der Waals surface area contributed by atoms with Gasteiger partial charge in [0, 0.05) is 0 Å². The molecule has 0 radical (unpaired) electrons. The van der Waals surface area contributed by atoms with Gasteiger partial charge in [-0.15, -0.1) is 35.4 Å². The zero-order chi connectivity index (χ0) is 45.2. The summed E-state index contributed by atoms with van der Waals surface area (Å²) in [4.78, 5) is 0. The van der Waals surface area contributed by atoms with E-state index >= 15 is 0 Å². The van der Waals surface area contributed by atoms with Gasteiger partial charge in [0.1, 0.15) is 47.7 Å². The van der Waals surface area contributed by atoms with Crippen LogP contribution < -0.4 is 31.8 Å². The van der Waals surface area contributed by atoms with Crippen molar-refractivity contribution in [3.05, 3.63) is 278 Å². The van der Waals surface area contributed by atoms with E-state index in [-0.39, 0.29) is 44.8 Å². The zero-order valence-electron chi connectivity index (χ0n) is 37.7. The number of benzene rings is 11. The van der Waals surface area contributed by atoms with Crippen molar-refractivity contribution in [1.29, 1.82) is 0 Å². The number of fused-ring (bicyclic) bond motifs is 6. The summed E-state index contributed by atoms with van der Waals surface area (Å²) >= 11 is 0. The van der Waals surface area contributed by atoms with E-state index < -0.39 is 15.8 Å². The zero-order valence-corrected chi connectivity index (χ0v) is 42.7. The molecule has 4 heteroatoms. The first kappa shape index (κ1) is 49.8. The van der Waals surface area contributed by atoms with Crippen molar-refractivity contribution < 1.29 is 44.8 Å². The molecule has 0 unspecified atom stereocenters. The third-order valence-corrected chi connectivity index (χ3v) is 18.0. The standard InChI is InChI=1S/C32H28P2.2C16H9.2Ag/c1-25-23-31(33(27-15-7-3-8-16-27)28-17-9-4-10-18-28)32(24-26(25)2)34(29-19-11-5-12-20-29)30-21-13-6-14-22-30;2*1-2-12-7-8-14-10-9-13-5-3-4-6-15(13)16(14)11-12;;/h3-24H,1-2H3;2*3-11H;;/q;2*-1;2*+1/p+2. The van der Waals surface area contributed by atoms with E-state index in [0.717, 1.165) is 11.1 Å². The summed E-state index contributed by atoms with van der Waals surface area (Å²) < 4.78 is 0. The Labute approximate surface area is 435 Å². The van der Waals surface area contributed by atoms with Gasteiger partial charge in [0.25, 0.3) is 0 Å². The molecule has 0 aliphatic carbocycles. The molecular formula is C64H48Ag2P2+2. The van der Waals surface area contributed by atoms with Crippen LogP contribution in [0.2, 0.25) is 0 Å². The van der Waals surface area contributed by atoms with Crippen LogP contribution in [0.5, 0.6) is 0 Å². The minimum Gasteiger partial charge on any atom is -0.366 e. The molecule has 11 rings (SSSR count). The summed E-state index contributed by atoms with van der Waals surface area (Å²) in [5.41, 5.74) is 4.39. The molecule has 11 aromatic carbocycles. The van der Waals surface area contributed by atoms with Crippen LogP contribution in [0.4, 0.5) is 0 Å². The second-order valence-corrected chi connectivity index (χ2v) is 21.3. The van der Waals surface area contributed by atoms with Crippen molar-refractivity contribution in [1.82, 2.24) is 0 Å². The summed E-state index contributed by atoms with van der Waals surface area (Å²) in [6, 6.07) is 86.6. The van der Waals surface area contributed by atoms with E-state index in [1.165, 1.54) is 86.0 Å². The Morgan fingerprint density at radius 3 is 0.868 bits per heavy atom. The molecule has 334 valence electrons. The average Bonchev–Trinajstić information content (AvgIpc) is 3.39. The van der Waals surface area contributed by atoms with Crippen LogP contribution in [-0.4, -0.2) is 0 Å². The summed E-state index contributed by atoms with van der Waals surface area (Å²) in [6.45, 7) is 4.52. The Bertz CT molecular complexity index is 3210. The van der Waals surface area contributed by atoms with Gasteiger partial charge >= 0.3 is 44.8 Å². The van der Waals surface area contributed by atoms with Crippen LogP contribution in [-0.2, 0) is 44.8 Å². The average molecular weight is 1090 g/mol. The van der Waals surface area contributed by atoms with Crippen LogP contribution in [0, 0.1) is 38.5 Å². The normalized spacial score (nSPS) is 10.5. The maximum Gasteiger partial charge on any atom is 1.00 e. The predicted molar refractivity (Wildman–Crippen MR) is 291 cm³/mol. The van der Waals surface area contributed by atoms with Gasteiger partial charge in [-0.05, 0) is 129 Å². The van der Waals surface area contributed by atoms with Gasteiger partial charge in [0.05, 0.1) is 0 Å². The molecule has 0 bridgehead atoms. The first-order valence-corrected chi connectivity index (χ1v) is 25.2. The number of hydrogen-bond donors (Lipinski definition) is 0. The van der Waals surface area contributed by atoms with Gasteiger partial charge < -0.3 is 12.8 Å². The van der Waals surface area contributed by atoms with E-state index in [0.29, 0.717) is 0 Å². The molecular weight excluding hydrogens is 1050 g/mol. The number of aryl methyl sites for hydroxylation is 2. The minimum atomic E-state index is -1.18. The van der Waals surface area contributed by atoms with Crippen LogP contribution in [0.1, 0.15) is 22.3 Å². The first-order valence-electron chi connectivity index (χ1n) is 22.2. The van der Waals surface area contributed by atoms with Crippen molar-refractivity contribution in [3.8, 4) is 11.8 Å². The van der Waals surface area contributed by atoms with Crippen molar-refractivity contribution in [3.63, 3.8) is 0 Å². The largest absolute Gasteiger partial charge is 1.00 e. The van der Waals surface area contributed by atoms with Crippen LogP contribution in [0.15, 0.2) is 243 Å². The molecule has 0 saturated carbocycles. The first-order chi connectivity index (χ1) is 32.5. The molecule has 0 saturated heterocycles. The maximum absolute atomic E-state index is 7.18. The molecule has 0 N–H and O–H groups in total. The summed E-state index contributed by atoms with van der Waals surface area (Å²) in [5.74, 6) is 4.87. The molecule has 0 aliphatic rings. The molecule has 0 aliphatic heterocycles. The monoisotopic (exact) mass is 1090 g/mol. The molecule has 68 heavy (non-hydrogen) atoms. The Kier molecular flexibility index (Phi) is 17.4. The molecule has 11 aromatic rings. The van der Waals surface area contributed by atoms with Crippen LogP contribution in [0.25, 0.3) is 43.1 Å². The van der Waals surface area contributed by atoms with E-state index in [1.807, 2.05) is 60.7 Å². The molecule has 0 heterocycles. The van der Waals surface area contributed by atoms with Gasteiger partial charge in [-0.2, -0.15) is 0 Å². The summed E-state index contributed by atoms with van der Waals surface area (Å²) in [7, 11) is -2.36. The Morgan fingerprint density at radius 2 is 0.559 bits per heavy atom. The second kappa shape index (κ2) is 23.8. The number of rotatable bonds is 6. The summed E-state index contributed by atoms with van der Waals surface area (Å²) in [6.07, 6.45) is 14.4. The Balaban J connectivity index is 0.000000167. The molecule has 0 nitrogen and oxygen atoms in total. The molecule has 0 amide bonds. The van der Waals surface area contributed by atoms with Crippen molar-refractivity contribution >= 4 is 90.8 Å². The third-order valence-electron chi connectivity index (χ3n) is 12.2. The fraction of sp³-hybridized carbons (Fsp3) is 0.0312. The summed E-state index contributed by atoms with van der Waals surface area (Å²) in [5, 5.41) is 18.5. The SMILES string of the molecule is Cc1cc([PH+](c2ccccc2)c2ccccc2)c([PH+](c2ccccc2)c2ccccc2)cc1C.[Ag+].[Ag+].[C-]#Cc1ccc2ccc3ccccc3c2c1.[C-]#Cc1ccc2ccc3ccccc3c2c1. The van der Waals surface area contributed by atoms with Gasteiger partial charge in [-0.25, -0.2) is 0 Å². The van der Waals surface area contributed by atoms with E-state index in [2.05, 4.69) is 208 Å². The minimum absolute atomic E-state index is 0. The Morgan fingerprint density at radius 1 is 0.294 bits per heavy atom. The quantitative estimate of drug-likeness (QED) is 0.0512. The maximum atomic E-state index is 7.18. The van der Waals surface area contributed by atoms with Gasteiger partial charge in [-0.3, -0.25) is 11.8 Å². The van der Waals surface area contributed by atoms with Crippen LogP contribution >= 0.6 is 15.8 Å². The predicted octanol–water partition coefficient (Wildman–Crippen LogP) is 13.1. The van der Waals surface area contributed by atoms with Gasteiger partial charge in [0.2, 0.25) is 0 Å². The van der Waals surface area contributed by atoms with E-state index in [1.54, 1.807) is 0 Å². The smallest absolute Gasteiger partial charge is 0.366 e. The molecule has 0 atom stereocenters. The van der Waals surface area contributed by atoms with E-state index in [9.17, 15) is 0 Å². The molecule has 0 spiro atoms.